The molecule has 0 fully saturated rings. The first-order valence-corrected chi connectivity index (χ1v) is 4.78. The second kappa shape index (κ2) is 3.00. The highest BCUT2D eigenvalue weighted by atomic mass is 35.5. The molecule has 0 spiro atoms. The van der Waals surface area contributed by atoms with Crippen LogP contribution in [0.25, 0.3) is 0 Å². The van der Waals surface area contributed by atoms with Crippen molar-refractivity contribution in [2.24, 2.45) is 0 Å². The monoisotopic (exact) mass is 196 g/mol. The molecule has 0 aliphatic carbocycles. The van der Waals surface area contributed by atoms with Gasteiger partial charge in [-0.1, -0.05) is 11.6 Å². The molecule has 0 aliphatic heterocycles. The van der Waals surface area contributed by atoms with E-state index in [9.17, 15) is 4.21 Å². The van der Waals surface area contributed by atoms with Crippen LogP contribution in [0.15, 0.2) is 10.3 Å². The van der Waals surface area contributed by atoms with Crippen LogP contribution >= 0.6 is 22.9 Å². The summed E-state index contributed by atoms with van der Waals surface area (Å²) < 4.78 is 20.0. The Labute approximate surface area is 70.1 Å². The predicted octanol–water partition coefficient (Wildman–Crippen LogP) is 2.29. The predicted molar refractivity (Wildman–Crippen MR) is 43.1 cm³/mol. The molecule has 1 N–H and O–H groups in total. The Morgan fingerprint density at radius 3 is 2.60 bits per heavy atom. The van der Waals surface area contributed by atoms with Gasteiger partial charge >= 0.3 is 0 Å². The van der Waals surface area contributed by atoms with Crippen molar-refractivity contribution in [3.05, 3.63) is 16.0 Å². The van der Waals surface area contributed by atoms with Gasteiger partial charge in [0, 0.05) is 0 Å². The molecule has 0 radical (unpaired) electrons. The highest BCUT2D eigenvalue weighted by molar-refractivity contribution is 7.81. The van der Waals surface area contributed by atoms with Gasteiger partial charge in [-0.15, -0.1) is 11.3 Å². The SMILES string of the molecule is Cc1cc(S(=O)O)sc1Cl. The Hall–Kier alpha value is 0.1000. The van der Waals surface area contributed by atoms with Gasteiger partial charge in [-0.05, 0) is 18.6 Å². The fraction of sp³-hybridized carbons (Fsp3) is 0.200. The maximum absolute atomic E-state index is 10.4. The topological polar surface area (TPSA) is 37.3 Å². The molecule has 1 atom stereocenters. The molecule has 1 aromatic heterocycles. The molecular formula is C5H5ClO2S2. The average Bonchev–Trinajstić information content (AvgIpc) is 2.13. The van der Waals surface area contributed by atoms with Crippen molar-refractivity contribution >= 4 is 34.0 Å². The molecule has 5 heteroatoms. The molecule has 0 amide bonds. The van der Waals surface area contributed by atoms with Crippen molar-refractivity contribution in [3.63, 3.8) is 0 Å². The quantitative estimate of drug-likeness (QED) is 0.700. The van der Waals surface area contributed by atoms with Crippen LogP contribution < -0.4 is 0 Å². The van der Waals surface area contributed by atoms with Crippen LogP contribution in [0.1, 0.15) is 5.56 Å². The Morgan fingerprint density at radius 2 is 2.40 bits per heavy atom. The number of halogens is 1. The maximum atomic E-state index is 10.4. The van der Waals surface area contributed by atoms with Gasteiger partial charge in [0.15, 0.2) is 11.1 Å². The third-order valence-electron chi connectivity index (χ3n) is 1.01. The van der Waals surface area contributed by atoms with Gasteiger partial charge in [0.1, 0.15) is 4.21 Å². The first-order valence-electron chi connectivity index (χ1n) is 2.48. The van der Waals surface area contributed by atoms with Gasteiger partial charge in [0.25, 0.3) is 0 Å². The fourth-order valence-corrected chi connectivity index (χ4v) is 2.40. The van der Waals surface area contributed by atoms with Crippen LogP contribution in [0.4, 0.5) is 0 Å². The summed E-state index contributed by atoms with van der Waals surface area (Å²) in [6.07, 6.45) is 0. The van der Waals surface area contributed by atoms with Crippen molar-refractivity contribution in [2.75, 3.05) is 0 Å². The maximum Gasteiger partial charge on any atom is 0.196 e. The molecule has 0 saturated heterocycles. The van der Waals surface area contributed by atoms with Crippen LogP contribution in [0.3, 0.4) is 0 Å². The summed E-state index contributed by atoms with van der Waals surface area (Å²) in [7, 11) is 0. The molecule has 0 bridgehead atoms. The highest BCUT2D eigenvalue weighted by Gasteiger charge is 2.06. The summed E-state index contributed by atoms with van der Waals surface area (Å²) in [4.78, 5) is 0. The zero-order valence-electron chi connectivity index (χ0n) is 5.13. The van der Waals surface area contributed by atoms with Crippen molar-refractivity contribution in [2.45, 2.75) is 11.1 Å². The van der Waals surface area contributed by atoms with Crippen molar-refractivity contribution in [3.8, 4) is 0 Å². The number of aryl methyl sites for hydroxylation is 1. The zero-order chi connectivity index (χ0) is 7.72. The van der Waals surface area contributed by atoms with Gasteiger partial charge in [-0.2, -0.15) is 0 Å². The summed E-state index contributed by atoms with van der Waals surface area (Å²) >= 11 is 4.90. The number of rotatable bonds is 1. The van der Waals surface area contributed by atoms with Gasteiger partial charge in [0.05, 0.1) is 4.34 Å². The van der Waals surface area contributed by atoms with E-state index in [1.165, 1.54) is 0 Å². The summed E-state index contributed by atoms with van der Waals surface area (Å²) in [5.74, 6) is 0. The Balaban J connectivity index is 3.10. The van der Waals surface area contributed by atoms with Crippen molar-refractivity contribution < 1.29 is 8.76 Å². The Kier molecular flexibility index (Phi) is 2.46. The number of thiophene rings is 1. The van der Waals surface area contributed by atoms with Gasteiger partial charge in [-0.25, -0.2) is 4.21 Å². The molecule has 1 heterocycles. The van der Waals surface area contributed by atoms with Crippen LogP contribution in [0, 0.1) is 6.92 Å². The van der Waals surface area contributed by atoms with Crippen LogP contribution in [-0.4, -0.2) is 8.76 Å². The summed E-state index contributed by atoms with van der Waals surface area (Å²) in [6.45, 7) is 1.80. The molecule has 1 unspecified atom stereocenters. The van der Waals surface area contributed by atoms with E-state index >= 15 is 0 Å². The van der Waals surface area contributed by atoms with E-state index in [4.69, 9.17) is 16.2 Å². The van der Waals surface area contributed by atoms with Gasteiger partial charge in [0.2, 0.25) is 0 Å². The summed E-state index contributed by atoms with van der Waals surface area (Å²) in [6, 6.07) is 1.61. The third-order valence-corrected chi connectivity index (χ3v) is 3.50. The van der Waals surface area contributed by atoms with Crippen molar-refractivity contribution in [1.82, 2.24) is 0 Å². The second-order valence-electron chi connectivity index (χ2n) is 1.77. The van der Waals surface area contributed by atoms with E-state index in [1.54, 1.807) is 13.0 Å². The normalized spacial score (nSPS) is 13.5. The molecule has 0 aliphatic rings. The Bertz CT molecular complexity index is 249. The van der Waals surface area contributed by atoms with E-state index in [1.807, 2.05) is 0 Å². The lowest BCUT2D eigenvalue weighted by Gasteiger charge is -1.80. The van der Waals surface area contributed by atoms with E-state index < -0.39 is 11.1 Å². The molecule has 0 saturated carbocycles. The molecule has 2 nitrogen and oxygen atoms in total. The van der Waals surface area contributed by atoms with Crippen LogP contribution in [-0.2, 0) is 11.1 Å². The zero-order valence-corrected chi connectivity index (χ0v) is 7.52. The van der Waals surface area contributed by atoms with E-state index in [0.717, 1.165) is 16.9 Å². The summed E-state index contributed by atoms with van der Waals surface area (Å²) in [5, 5.41) is 0. The first-order chi connectivity index (χ1) is 4.61. The molecule has 1 aromatic rings. The summed E-state index contributed by atoms with van der Waals surface area (Å²) in [5.41, 5.74) is 0.851. The molecule has 1 rings (SSSR count). The molecule has 56 valence electrons. The second-order valence-corrected chi connectivity index (χ2v) is 4.62. The lowest BCUT2D eigenvalue weighted by Crippen LogP contribution is -1.80. The standard InChI is InChI=1S/C5H5ClO2S2/c1-3-2-4(10(7)8)9-5(3)6/h2H,1H3,(H,7,8). The van der Waals surface area contributed by atoms with Crippen LogP contribution in [0.2, 0.25) is 4.34 Å². The van der Waals surface area contributed by atoms with E-state index in [-0.39, 0.29) is 0 Å². The minimum atomic E-state index is -1.88. The lowest BCUT2D eigenvalue weighted by molar-refractivity contribution is 0.566. The van der Waals surface area contributed by atoms with Gasteiger partial charge in [-0.3, -0.25) is 0 Å². The minimum Gasteiger partial charge on any atom is -0.302 e. The largest absolute Gasteiger partial charge is 0.302 e. The molecule has 0 aromatic carbocycles. The van der Waals surface area contributed by atoms with Gasteiger partial charge < -0.3 is 4.55 Å². The molecular weight excluding hydrogens is 192 g/mol. The van der Waals surface area contributed by atoms with Crippen molar-refractivity contribution in [1.29, 1.82) is 0 Å². The Morgan fingerprint density at radius 1 is 1.80 bits per heavy atom. The number of hydrogen-bond donors (Lipinski definition) is 1. The molecule has 10 heavy (non-hydrogen) atoms. The van der Waals surface area contributed by atoms with E-state index in [0.29, 0.717) is 8.55 Å². The third kappa shape index (κ3) is 1.58. The minimum absolute atomic E-state index is 0.405. The fourth-order valence-electron chi connectivity index (χ4n) is 0.518. The van der Waals surface area contributed by atoms with Crippen LogP contribution in [0.5, 0.6) is 0 Å². The highest BCUT2D eigenvalue weighted by Crippen LogP contribution is 2.28. The number of hydrogen-bond acceptors (Lipinski definition) is 2. The smallest absolute Gasteiger partial charge is 0.196 e. The average molecular weight is 197 g/mol. The van der Waals surface area contributed by atoms with E-state index in [2.05, 4.69) is 0 Å². The first kappa shape index (κ1) is 8.20. The lowest BCUT2D eigenvalue weighted by atomic mass is 10.4.